The van der Waals surface area contributed by atoms with E-state index in [0.717, 1.165) is 6.07 Å². The Morgan fingerprint density at radius 3 is 2.75 bits per heavy atom. The molecule has 1 aromatic rings. The van der Waals surface area contributed by atoms with E-state index in [1.807, 2.05) is 0 Å². The fraction of sp³-hybridized carbons (Fsp3) is 0.125. The summed E-state index contributed by atoms with van der Waals surface area (Å²) in [5, 5.41) is 10.4. The summed E-state index contributed by atoms with van der Waals surface area (Å²) in [5.74, 6) is -0.602. The van der Waals surface area contributed by atoms with Crippen molar-refractivity contribution in [3.63, 3.8) is 0 Å². The largest absolute Gasteiger partial charge is 0.382 e. The van der Waals surface area contributed by atoms with Crippen LogP contribution in [0.1, 0.15) is 0 Å². The third-order valence-corrected chi connectivity index (χ3v) is 2.48. The molecule has 0 radical (unpaired) electrons. The minimum absolute atomic E-state index is 0.184. The summed E-state index contributed by atoms with van der Waals surface area (Å²) in [4.78, 5) is 13.3. The van der Waals surface area contributed by atoms with Crippen molar-refractivity contribution in [3.05, 3.63) is 29.2 Å². The van der Waals surface area contributed by atoms with Gasteiger partial charge in [-0.25, -0.2) is 0 Å². The van der Waals surface area contributed by atoms with Crippen LogP contribution in [0.15, 0.2) is 29.2 Å². The van der Waals surface area contributed by atoms with E-state index in [0.29, 0.717) is 0 Å². The normalized spacial score (nSPS) is 10.5. The van der Waals surface area contributed by atoms with Crippen molar-refractivity contribution < 1.29 is 17.8 Å². The van der Waals surface area contributed by atoms with Gasteiger partial charge in [0.05, 0.1) is 4.90 Å². The second-order valence-electron chi connectivity index (χ2n) is 2.85. The van der Waals surface area contributed by atoms with Gasteiger partial charge in [-0.3, -0.25) is 9.35 Å². The van der Waals surface area contributed by atoms with Crippen molar-refractivity contribution in [3.8, 4) is 0 Å². The summed E-state index contributed by atoms with van der Waals surface area (Å²) in [6, 6.07) is 5.06. The zero-order chi connectivity index (χ0) is 12.2. The van der Waals surface area contributed by atoms with Gasteiger partial charge in [-0.2, -0.15) is 8.42 Å². The van der Waals surface area contributed by atoms with Crippen LogP contribution in [-0.2, 0) is 14.9 Å². The van der Waals surface area contributed by atoms with Gasteiger partial charge in [0.1, 0.15) is 4.98 Å². The second-order valence-corrected chi connectivity index (χ2v) is 4.27. The van der Waals surface area contributed by atoms with Gasteiger partial charge in [0.15, 0.2) is 0 Å². The van der Waals surface area contributed by atoms with Crippen LogP contribution >= 0.6 is 0 Å². The van der Waals surface area contributed by atoms with Crippen LogP contribution in [0.5, 0.6) is 0 Å². The molecule has 0 saturated carbocycles. The number of hydrogen-bond donors (Lipinski definition) is 2. The predicted octanol–water partition coefficient (Wildman–Crippen LogP) is 0.725. The molecule has 0 fully saturated rings. The molecular weight excluding hydrogens is 234 g/mol. The van der Waals surface area contributed by atoms with Crippen molar-refractivity contribution in [2.75, 3.05) is 11.9 Å². The van der Waals surface area contributed by atoms with Crippen LogP contribution in [0.4, 0.5) is 5.69 Å². The number of carbonyl (C=O) groups excluding carboxylic acids is 1. The number of nitrogens with zero attached hydrogens (tertiary/aromatic N) is 2. The summed E-state index contributed by atoms with van der Waals surface area (Å²) in [6.45, 7) is -0.448. The van der Waals surface area contributed by atoms with E-state index >= 15 is 0 Å². The number of benzene rings is 1. The number of nitrogens with one attached hydrogen (secondary N) is 1. The van der Waals surface area contributed by atoms with E-state index in [-0.39, 0.29) is 10.6 Å². The maximum absolute atomic E-state index is 11.0. The summed E-state index contributed by atoms with van der Waals surface area (Å²) < 4.78 is 30.3. The zero-order valence-corrected chi connectivity index (χ0v) is 8.81. The van der Waals surface area contributed by atoms with E-state index in [1.54, 1.807) is 0 Å². The molecule has 84 valence electrons. The molecule has 0 atom stereocenters. The van der Waals surface area contributed by atoms with Gasteiger partial charge in [0.2, 0.25) is 5.39 Å². The molecule has 8 heteroatoms. The lowest BCUT2D eigenvalue weighted by molar-refractivity contribution is -0.114. The van der Waals surface area contributed by atoms with Gasteiger partial charge < -0.3 is 5.32 Å². The van der Waals surface area contributed by atoms with E-state index in [9.17, 15) is 13.2 Å². The highest BCUT2D eigenvalue weighted by atomic mass is 32.2. The van der Waals surface area contributed by atoms with E-state index in [1.165, 1.54) is 18.2 Å². The van der Waals surface area contributed by atoms with Gasteiger partial charge in [0, 0.05) is 5.69 Å². The van der Waals surface area contributed by atoms with Crippen LogP contribution in [0, 0.1) is 5.39 Å². The number of anilines is 1. The smallest absolute Gasteiger partial charge is 0.319 e. The van der Waals surface area contributed by atoms with Crippen LogP contribution < -0.4 is 5.32 Å². The second kappa shape index (κ2) is 4.69. The van der Waals surface area contributed by atoms with E-state index in [2.05, 4.69) is 10.3 Å². The first-order valence-electron chi connectivity index (χ1n) is 4.12. The zero-order valence-electron chi connectivity index (χ0n) is 7.99. The minimum atomic E-state index is -4.30. The standard InChI is InChI=1S/C8H7N3O4S/c9-10-5-8(12)11-6-2-1-3-7(4-6)16(13,14)15/h1-4H,5H2,(H-,11,12,13,14,15)/p+1. The average Bonchev–Trinajstić information content (AvgIpc) is 2.17. The van der Waals surface area contributed by atoms with E-state index < -0.39 is 22.6 Å². The number of amides is 1. The summed E-state index contributed by atoms with van der Waals surface area (Å²) in [6.07, 6.45) is 0. The van der Waals surface area contributed by atoms with Crippen molar-refractivity contribution in [1.82, 2.24) is 0 Å². The molecule has 0 aliphatic carbocycles. The molecule has 0 spiro atoms. The third-order valence-electron chi connectivity index (χ3n) is 1.63. The molecule has 7 nitrogen and oxygen atoms in total. The first-order valence-corrected chi connectivity index (χ1v) is 5.56. The van der Waals surface area contributed by atoms with Gasteiger partial charge in [-0.1, -0.05) is 6.07 Å². The fourth-order valence-corrected chi connectivity index (χ4v) is 1.53. The van der Waals surface area contributed by atoms with Crippen molar-refractivity contribution in [2.24, 2.45) is 0 Å². The van der Waals surface area contributed by atoms with Crippen LogP contribution in [-0.4, -0.2) is 25.4 Å². The Bertz CT molecular complexity index is 547. The monoisotopic (exact) mass is 242 g/mol. The van der Waals surface area contributed by atoms with Crippen LogP contribution in [0.25, 0.3) is 4.98 Å². The summed E-state index contributed by atoms with van der Waals surface area (Å²) in [7, 11) is -4.30. The fourth-order valence-electron chi connectivity index (χ4n) is 0.999. The Morgan fingerprint density at radius 2 is 2.19 bits per heavy atom. The first-order chi connectivity index (χ1) is 7.43. The Labute approximate surface area is 91.5 Å². The first kappa shape index (κ1) is 12.1. The predicted molar refractivity (Wildman–Crippen MR) is 54.8 cm³/mol. The van der Waals surface area contributed by atoms with Gasteiger partial charge in [-0.05, 0) is 18.2 Å². The number of diazo groups is 1. The Morgan fingerprint density at radius 1 is 1.50 bits per heavy atom. The summed E-state index contributed by atoms with van der Waals surface area (Å²) >= 11 is 0. The number of carbonyl (C=O) groups is 1. The molecule has 0 aliphatic rings. The van der Waals surface area contributed by atoms with Gasteiger partial charge in [-0.15, -0.1) is 0 Å². The molecule has 1 rings (SSSR count). The van der Waals surface area contributed by atoms with Gasteiger partial charge >= 0.3 is 12.5 Å². The maximum atomic E-state index is 11.0. The molecule has 1 aromatic carbocycles. The number of hydrogen-bond acceptors (Lipinski definition) is 4. The topological polar surface area (TPSA) is 112 Å². The Balaban J connectivity index is 2.93. The molecule has 0 bridgehead atoms. The number of rotatable bonds is 3. The van der Waals surface area contributed by atoms with Crippen LogP contribution in [0.3, 0.4) is 0 Å². The quantitative estimate of drug-likeness (QED) is 0.599. The molecule has 2 N–H and O–H groups in total. The minimum Gasteiger partial charge on any atom is -0.319 e. The highest BCUT2D eigenvalue weighted by Gasteiger charge is 2.12. The molecule has 1 amide bonds. The molecule has 0 saturated heterocycles. The lowest BCUT2D eigenvalue weighted by Crippen LogP contribution is -2.14. The molecule has 0 heterocycles. The molecule has 0 aliphatic heterocycles. The van der Waals surface area contributed by atoms with Crippen molar-refractivity contribution in [2.45, 2.75) is 4.90 Å². The van der Waals surface area contributed by atoms with Crippen LogP contribution in [0.2, 0.25) is 0 Å². The lowest BCUT2D eigenvalue weighted by atomic mass is 10.3. The molecule has 16 heavy (non-hydrogen) atoms. The molecule has 0 unspecified atom stereocenters. The van der Waals surface area contributed by atoms with Crippen molar-refractivity contribution >= 4 is 21.7 Å². The van der Waals surface area contributed by atoms with Gasteiger partial charge in [0.25, 0.3) is 10.1 Å². The average molecular weight is 242 g/mol. The summed E-state index contributed by atoms with van der Waals surface area (Å²) in [5.41, 5.74) is 0.184. The third kappa shape index (κ3) is 3.30. The Hall–Kier alpha value is -1.98. The highest BCUT2D eigenvalue weighted by Crippen LogP contribution is 2.14. The Kier molecular flexibility index (Phi) is 3.55. The maximum Gasteiger partial charge on any atom is 0.382 e. The van der Waals surface area contributed by atoms with E-state index in [4.69, 9.17) is 9.95 Å². The SMILES string of the molecule is N#[N+]CC(=O)Nc1cccc(S(=O)(=O)O)c1. The molecule has 0 aromatic heterocycles. The highest BCUT2D eigenvalue weighted by molar-refractivity contribution is 7.85. The molecular formula is C8H8N3O4S+. The lowest BCUT2D eigenvalue weighted by Gasteiger charge is -2.02. The van der Waals surface area contributed by atoms with Crippen molar-refractivity contribution in [1.29, 1.82) is 5.39 Å².